The van der Waals surface area contributed by atoms with Crippen LogP contribution in [-0.2, 0) is 4.79 Å². The molecular formula is C11H12N2O4. The van der Waals surface area contributed by atoms with E-state index in [1.54, 1.807) is 6.08 Å². The van der Waals surface area contributed by atoms with Crippen molar-refractivity contribution < 1.29 is 14.8 Å². The zero-order valence-corrected chi connectivity index (χ0v) is 9.00. The lowest BCUT2D eigenvalue weighted by Crippen LogP contribution is -2.28. The molecule has 2 N–H and O–H groups in total. The number of nitrogens with one attached hydrogen (secondary N) is 1. The van der Waals surface area contributed by atoms with Gasteiger partial charge in [0.25, 0.3) is 5.69 Å². The fourth-order valence-corrected chi connectivity index (χ4v) is 1.34. The molecule has 0 amide bonds. The van der Waals surface area contributed by atoms with Gasteiger partial charge >= 0.3 is 5.97 Å². The molecule has 0 aromatic heterocycles. The second-order valence-electron chi connectivity index (χ2n) is 3.32. The maximum atomic E-state index is 11.0. The van der Waals surface area contributed by atoms with E-state index < -0.39 is 16.9 Å². The van der Waals surface area contributed by atoms with Gasteiger partial charge in [-0.3, -0.25) is 20.2 Å². The second-order valence-corrected chi connectivity index (χ2v) is 3.32. The number of carboxylic acids is 1. The van der Waals surface area contributed by atoms with Crippen molar-refractivity contribution in [1.82, 2.24) is 5.32 Å². The summed E-state index contributed by atoms with van der Waals surface area (Å²) in [6.45, 7) is 3.82. The van der Waals surface area contributed by atoms with Crippen LogP contribution < -0.4 is 5.32 Å². The molecule has 0 bridgehead atoms. The van der Waals surface area contributed by atoms with Crippen LogP contribution in [0.25, 0.3) is 0 Å². The van der Waals surface area contributed by atoms with Gasteiger partial charge in [-0.1, -0.05) is 18.2 Å². The highest BCUT2D eigenvalue weighted by molar-refractivity contribution is 5.75. The minimum absolute atomic E-state index is 0.0680. The first-order chi connectivity index (χ1) is 8.06. The molecule has 6 nitrogen and oxygen atoms in total. The van der Waals surface area contributed by atoms with Gasteiger partial charge in [0.15, 0.2) is 0 Å². The van der Waals surface area contributed by atoms with Crippen LogP contribution in [0.15, 0.2) is 36.9 Å². The number of aliphatic carboxylic acids is 1. The van der Waals surface area contributed by atoms with Crippen molar-refractivity contribution in [3.05, 3.63) is 52.6 Å². The Labute approximate surface area is 97.7 Å². The summed E-state index contributed by atoms with van der Waals surface area (Å²) in [6, 6.07) is 4.51. The normalized spacial score (nSPS) is 11.8. The molecule has 1 aromatic carbocycles. The molecule has 1 rings (SSSR count). The van der Waals surface area contributed by atoms with Crippen LogP contribution in [0.4, 0.5) is 5.69 Å². The topological polar surface area (TPSA) is 92.5 Å². The van der Waals surface area contributed by atoms with E-state index in [-0.39, 0.29) is 5.69 Å². The fraction of sp³-hybridized carbons (Fsp3) is 0.182. The summed E-state index contributed by atoms with van der Waals surface area (Å²) in [7, 11) is 0. The van der Waals surface area contributed by atoms with E-state index in [9.17, 15) is 14.9 Å². The van der Waals surface area contributed by atoms with Crippen molar-refractivity contribution in [3.63, 3.8) is 0 Å². The van der Waals surface area contributed by atoms with Gasteiger partial charge in [-0.25, -0.2) is 0 Å². The third kappa shape index (κ3) is 3.39. The number of benzene rings is 1. The third-order valence-corrected chi connectivity index (χ3v) is 2.15. The first kappa shape index (κ1) is 12.9. The molecule has 90 valence electrons. The first-order valence-corrected chi connectivity index (χ1v) is 4.87. The Balaban J connectivity index is 2.91. The molecule has 0 radical (unpaired) electrons. The van der Waals surface area contributed by atoms with E-state index in [0.29, 0.717) is 12.1 Å². The molecule has 6 heteroatoms. The lowest BCUT2D eigenvalue weighted by atomic mass is 10.1. The summed E-state index contributed by atoms with van der Waals surface area (Å²) >= 11 is 0. The smallest absolute Gasteiger partial charge is 0.325 e. The summed E-state index contributed by atoms with van der Waals surface area (Å²) in [4.78, 5) is 20.9. The van der Waals surface area contributed by atoms with Gasteiger partial charge in [0, 0.05) is 18.7 Å². The maximum absolute atomic E-state index is 11.0. The second kappa shape index (κ2) is 5.76. The van der Waals surface area contributed by atoms with Crippen LogP contribution in [0.3, 0.4) is 0 Å². The number of rotatable bonds is 6. The molecular weight excluding hydrogens is 224 g/mol. The molecule has 0 saturated carbocycles. The van der Waals surface area contributed by atoms with Crippen LogP contribution in [0.5, 0.6) is 0 Å². The molecule has 0 spiro atoms. The Kier molecular flexibility index (Phi) is 4.36. The predicted octanol–water partition coefficient (Wildman–Crippen LogP) is 1.50. The van der Waals surface area contributed by atoms with Crippen LogP contribution in [0, 0.1) is 10.1 Å². The quantitative estimate of drug-likeness (QED) is 0.443. The van der Waals surface area contributed by atoms with Crippen LogP contribution in [-0.4, -0.2) is 22.5 Å². The van der Waals surface area contributed by atoms with Crippen LogP contribution >= 0.6 is 0 Å². The standard InChI is InChI=1S/C11H12N2O4/c1-2-7-12-10(11(14)15)8-3-5-9(6-4-8)13(16)17/h2-6,10,12H,1,7H2,(H,14,15). The Morgan fingerprint density at radius 2 is 2.12 bits per heavy atom. The van der Waals surface area contributed by atoms with E-state index in [4.69, 9.17) is 5.11 Å². The molecule has 0 saturated heterocycles. The maximum Gasteiger partial charge on any atom is 0.325 e. The number of carbonyl (C=O) groups is 1. The molecule has 0 aliphatic heterocycles. The van der Waals surface area contributed by atoms with Gasteiger partial charge in [0.2, 0.25) is 0 Å². The van der Waals surface area contributed by atoms with Crippen molar-refractivity contribution >= 4 is 11.7 Å². The number of carboxylic acid groups (broad SMARTS) is 1. The SMILES string of the molecule is C=CCNC(C(=O)O)c1ccc([N+](=O)[O-])cc1. The Bertz CT molecular complexity index is 428. The number of nitrogens with zero attached hydrogens (tertiary/aromatic N) is 1. The number of nitro benzene ring substituents is 1. The van der Waals surface area contributed by atoms with Crippen molar-refractivity contribution in [2.75, 3.05) is 6.54 Å². The van der Waals surface area contributed by atoms with E-state index >= 15 is 0 Å². The van der Waals surface area contributed by atoms with Gasteiger partial charge in [0.05, 0.1) is 4.92 Å². The summed E-state index contributed by atoms with van der Waals surface area (Å²) < 4.78 is 0. The number of nitro groups is 1. The summed E-state index contributed by atoms with van der Waals surface area (Å²) in [5.74, 6) is -1.04. The predicted molar refractivity (Wildman–Crippen MR) is 61.7 cm³/mol. The first-order valence-electron chi connectivity index (χ1n) is 4.87. The lowest BCUT2D eigenvalue weighted by molar-refractivity contribution is -0.384. The van der Waals surface area contributed by atoms with Crippen molar-refractivity contribution in [1.29, 1.82) is 0 Å². The summed E-state index contributed by atoms with van der Waals surface area (Å²) in [5, 5.41) is 22.2. The molecule has 0 fully saturated rings. The van der Waals surface area contributed by atoms with Crippen LogP contribution in [0.2, 0.25) is 0 Å². The Morgan fingerprint density at radius 3 is 2.53 bits per heavy atom. The average Bonchev–Trinajstić information content (AvgIpc) is 2.29. The molecule has 0 aliphatic carbocycles. The lowest BCUT2D eigenvalue weighted by Gasteiger charge is -2.13. The van der Waals surface area contributed by atoms with Gasteiger partial charge in [-0.05, 0) is 5.56 Å². The van der Waals surface area contributed by atoms with Gasteiger partial charge < -0.3 is 5.11 Å². The largest absolute Gasteiger partial charge is 0.480 e. The van der Waals surface area contributed by atoms with E-state index in [1.807, 2.05) is 0 Å². The van der Waals surface area contributed by atoms with E-state index in [2.05, 4.69) is 11.9 Å². The highest BCUT2D eigenvalue weighted by Crippen LogP contribution is 2.17. The monoisotopic (exact) mass is 236 g/mol. The van der Waals surface area contributed by atoms with Gasteiger partial charge in [-0.15, -0.1) is 6.58 Å². The third-order valence-electron chi connectivity index (χ3n) is 2.15. The molecule has 17 heavy (non-hydrogen) atoms. The minimum Gasteiger partial charge on any atom is -0.480 e. The zero-order valence-electron chi connectivity index (χ0n) is 9.00. The highest BCUT2D eigenvalue weighted by atomic mass is 16.6. The number of non-ortho nitro benzene ring substituents is 1. The van der Waals surface area contributed by atoms with Crippen molar-refractivity contribution in [2.45, 2.75) is 6.04 Å². The molecule has 0 aliphatic rings. The van der Waals surface area contributed by atoms with E-state index in [1.165, 1.54) is 24.3 Å². The zero-order chi connectivity index (χ0) is 12.8. The summed E-state index contributed by atoms with van der Waals surface area (Å²) in [6.07, 6.45) is 1.54. The Morgan fingerprint density at radius 1 is 1.53 bits per heavy atom. The number of hydrogen-bond acceptors (Lipinski definition) is 4. The van der Waals surface area contributed by atoms with Crippen molar-refractivity contribution in [2.24, 2.45) is 0 Å². The van der Waals surface area contributed by atoms with Gasteiger partial charge in [0.1, 0.15) is 6.04 Å². The number of hydrogen-bond donors (Lipinski definition) is 2. The summed E-state index contributed by atoms with van der Waals surface area (Å²) in [5.41, 5.74) is 0.395. The van der Waals surface area contributed by atoms with Crippen LogP contribution in [0.1, 0.15) is 11.6 Å². The minimum atomic E-state index is -1.04. The van der Waals surface area contributed by atoms with E-state index in [0.717, 1.165) is 0 Å². The molecule has 1 unspecified atom stereocenters. The van der Waals surface area contributed by atoms with Crippen molar-refractivity contribution in [3.8, 4) is 0 Å². The highest BCUT2D eigenvalue weighted by Gasteiger charge is 2.19. The average molecular weight is 236 g/mol. The molecule has 0 heterocycles. The Hall–Kier alpha value is -2.21. The fourth-order valence-electron chi connectivity index (χ4n) is 1.34. The molecule has 1 atom stereocenters. The van der Waals surface area contributed by atoms with Gasteiger partial charge in [-0.2, -0.15) is 0 Å². The molecule has 1 aromatic rings.